The van der Waals surface area contributed by atoms with Gasteiger partial charge in [-0.25, -0.2) is 0 Å². The second-order valence-corrected chi connectivity index (χ2v) is 6.50. The molecule has 1 aliphatic rings. The zero-order valence-corrected chi connectivity index (χ0v) is 12.2. The van der Waals surface area contributed by atoms with Gasteiger partial charge in [0.2, 0.25) is 0 Å². The van der Waals surface area contributed by atoms with Gasteiger partial charge in [-0.05, 0) is 12.5 Å². The maximum Gasteiger partial charge on any atom is 0.0579 e. The van der Waals surface area contributed by atoms with Gasteiger partial charge in [0.1, 0.15) is 0 Å². The molecule has 1 aliphatic heterocycles. The number of ether oxygens (including phenoxy) is 1. The summed E-state index contributed by atoms with van der Waals surface area (Å²) in [7, 11) is 0. The summed E-state index contributed by atoms with van der Waals surface area (Å²) >= 11 is 0. The summed E-state index contributed by atoms with van der Waals surface area (Å²) in [4.78, 5) is 0. The molecule has 19 heavy (non-hydrogen) atoms. The van der Waals surface area contributed by atoms with Crippen LogP contribution in [0.1, 0.15) is 25.0 Å². The molecular formula is C16H25NO2. The van der Waals surface area contributed by atoms with Crippen molar-refractivity contribution in [1.82, 2.24) is 5.32 Å². The fraction of sp³-hybridized carbons (Fsp3) is 0.625. The zero-order chi connectivity index (χ0) is 13.9. The van der Waals surface area contributed by atoms with E-state index in [2.05, 4.69) is 50.4 Å². The first-order valence-electron chi connectivity index (χ1n) is 6.94. The molecule has 2 N–H and O–H groups in total. The third kappa shape index (κ3) is 3.35. The smallest absolute Gasteiger partial charge is 0.0579 e. The minimum Gasteiger partial charge on any atom is -0.396 e. The van der Waals surface area contributed by atoms with Crippen molar-refractivity contribution in [2.75, 3.05) is 32.9 Å². The Bertz CT molecular complexity index is 402. The largest absolute Gasteiger partial charge is 0.396 e. The number of nitrogens with one attached hydrogen (secondary N) is 1. The first-order valence-corrected chi connectivity index (χ1v) is 6.94. The Morgan fingerprint density at radius 2 is 1.89 bits per heavy atom. The fourth-order valence-corrected chi connectivity index (χ4v) is 2.39. The van der Waals surface area contributed by atoms with Crippen LogP contribution in [0.25, 0.3) is 0 Å². The number of rotatable bonds is 6. The molecule has 0 unspecified atom stereocenters. The Kier molecular flexibility index (Phi) is 4.29. The molecule has 0 amide bonds. The molecule has 0 saturated carbocycles. The molecule has 0 aromatic heterocycles. The molecule has 106 valence electrons. The van der Waals surface area contributed by atoms with Crippen molar-refractivity contribution in [3.63, 3.8) is 0 Å². The molecule has 0 radical (unpaired) electrons. The van der Waals surface area contributed by atoms with Gasteiger partial charge >= 0.3 is 0 Å². The van der Waals surface area contributed by atoms with Crippen molar-refractivity contribution in [2.45, 2.75) is 26.2 Å². The summed E-state index contributed by atoms with van der Waals surface area (Å²) in [6, 6.07) is 8.72. The minimum atomic E-state index is -0.0522. The van der Waals surface area contributed by atoms with Crippen molar-refractivity contribution in [3.05, 3.63) is 35.4 Å². The second kappa shape index (κ2) is 5.61. The van der Waals surface area contributed by atoms with Crippen molar-refractivity contribution < 1.29 is 9.84 Å². The average Bonchev–Trinajstić information content (AvgIpc) is 2.33. The van der Waals surface area contributed by atoms with Gasteiger partial charge < -0.3 is 15.2 Å². The fourth-order valence-electron chi connectivity index (χ4n) is 2.39. The summed E-state index contributed by atoms with van der Waals surface area (Å²) in [6.07, 6.45) is 0. The topological polar surface area (TPSA) is 41.5 Å². The lowest BCUT2D eigenvalue weighted by Gasteiger charge is -2.40. The van der Waals surface area contributed by atoms with E-state index in [9.17, 15) is 5.11 Å². The maximum absolute atomic E-state index is 9.39. The lowest BCUT2D eigenvalue weighted by Crippen LogP contribution is -2.53. The van der Waals surface area contributed by atoms with E-state index in [1.54, 1.807) is 0 Å². The van der Waals surface area contributed by atoms with Crippen molar-refractivity contribution in [1.29, 1.82) is 0 Å². The van der Waals surface area contributed by atoms with Gasteiger partial charge in [-0.3, -0.25) is 0 Å². The van der Waals surface area contributed by atoms with Crippen molar-refractivity contribution in [2.24, 2.45) is 5.41 Å². The lowest BCUT2D eigenvalue weighted by atomic mass is 9.83. The number of aliphatic hydroxyl groups is 1. The molecule has 0 aliphatic carbocycles. The summed E-state index contributed by atoms with van der Waals surface area (Å²) in [5, 5.41) is 12.9. The molecule has 1 fully saturated rings. The lowest BCUT2D eigenvalue weighted by molar-refractivity contribution is -0.134. The highest BCUT2D eigenvalue weighted by Crippen LogP contribution is 2.27. The van der Waals surface area contributed by atoms with Gasteiger partial charge in [0.15, 0.2) is 0 Å². The van der Waals surface area contributed by atoms with Gasteiger partial charge in [0.05, 0.1) is 25.2 Å². The molecule has 3 heteroatoms. The van der Waals surface area contributed by atoms with Gasteiger partial charge in [-0.2, -0.15) is 0 Å². The van der Waals surface area contributed by atoms with Crippen LogP contribution >= 0.6 is 0 Å². The van der Waals surface area contributed by atoms with Crippen LogP contribution < -0.4 is 5.32 Å². The summed E-state index contributed by atoms with van der Waals surface area (Å²) in [5.74, 6) is 0. The van der Waals surface area contributed by atoms with Gasteiger partial charge in [0, 0.05) is 18.5 Å². The number of aliphatic hydroxyl groups excluding tert-OH is 1. The molecule has 3 nitrogen and oxygen atoms in total. The molecular weight excluding hydrogens is 238 g/mol. The average molecular weight is 263 g/mol. The molecule has 0 atom stereocenters. The van der Waals surface area contributed by atoms with Crippen LogP contribution in [0.3, 0.4) is 0 Å². The van der Waals surface area contributed by atoms with Crippen LogP contribution in [0.5, 0.6) is 0 Å². The Hall–Kier alpha value is -0.900. The molecule has 1 heterocycles. The number of benzene rings is 1. The molecule has 0 bridgehead atoms. The van der Waals surface area contributed by atoms with E-state index in [0.717, 1.165) is 13.1 Å². The number of hydrogen-bond donors (Lipinski definition) is 2. The highest BCUT2D eigenvalue weighted by molar-refractivity contribution is 5.27. The van der Waals surface area contributed by atoms with E-state index < -0.39 is 0 Å². The maximum atomic E-state index is 9.39. The predicted octanol–water partition coefficient (Wildman–Crippen LogP) is 1.87. The Morgan fingerprint density at radius 1 is 1.26 bits per heavy atom. The Morgan fingerprint density at radius 3 is 2.37 bits per heavy atom. The summed E-state index contributed by atoms with van der Waals surface area (Å²) in [6.45, 7) is 9.85. The third-order valence-electron chi connectivity index (χ3n) is 4.05. The Balaban J connectivity index is 1.88. The SMILES string of the molecule is Cc1ccc(C(C)(C)CNCC2(CO)COC2)cc1. The molecule has 1 saturated heterocycles. The van der Waals surface area contributed by atoms with E-state index in [4.69, 9.17) is 4.74 Å². The predicted molar refractivity (Wildman–Crippen MR) is 77.4 cm³/mol. The van der Waals surface area contributed by atoms with Crippen LogP contribution in [-0.4, -0.2) is 38.0 Å². The van der Waals surface area contributed by atoms with Gasteiger partial charge in [0.25, 0.3) is 0 Å². The third-order valence-corrected chi connectivity index (χ3v) is 4.05. The highest BCUT2D eigenvalue weighted by atomic mass is 16.5. The first-order chi connectivity index (χ1) is 8.97. The second-order valence-electron chi connectivity index (χ2n) is 6.50. The monoisotopic (exact) mass is 263 g/mol. The van der Waals surface area contributed by atoms with Crippen LogP contribution in [0.15, 0.2) is 24.3 Å². The molecule has 1 aromatic rings. The molecule has 1 aromatic carbocycles. The molecule has 2 rings (SSSR count). The van der Waals surface area contributed by atoms with Crippen LogP contribution in [0.4, 0.5) is 0 Å². The van der Waals surface area contributed by atoms with Crippen LogP contribution in [0, 0.1) is 12.3 Å². The zero-order valence-electron chi connectivity index (χ0n) is 12.2. The highest BCUT2D eigenvalue weighted by Gasteiger charge is 2.38. The molecule has 0 spiro atoms. The van der Waals surface area contributed by atoms with Gasteiger partial charge in [-0.1, -0.05) is 43.7 Å². The number of aryl methyl sites for hydroxylation is 1. The standard InChI is InChI=1S/C16H25NO2/c1-13-4-6-14(7-5-13)15(2,3)8-17-9-16(10-18)11-19-12-16/h4-7,17-18H,8-12H2,1-3H3. The van der Waals surface area contributed by atoms with E-state index >= 15 is 0 Å². The van der Waals surface area contributed by atoms with Crippen molar-refractivity contribution >= 4 is 0 Å². The Labute approximate surface area is 116 Å². The van der Waals surface area contributed by atoms with E-state index in [-0.39, 0.29) is 17.4 Å². The van der Waals surface area contributed by atoms with E-state index in [0.29, 0.717) is 13.2 Å². The van der Waals surface area contributed by atoms with Gasteiger partial charge in [-0.15, -0.1) is 0 Å². The quantitative estimate of drug-likeness (QED) is 0.823. The normalized spacial score (nSPS) is 18.1. The van der Waals surface area contributed by atoms with Crippen LogP contribution in [-0.2, 0) is 10.2 Å². The summed E-state index contributed by atoms with van der Waals surface area (Å²) < 4.78 is 5.21. The van der Waals surface area contributed by atoms with Crippen molar-refractivity contribution in [3.8, 4) is 0 Å². The summed E-state index contributed by atoms with van der Waals surface area (Å²) in [5.41, 5.74) is 2.67. The number of hydrogen-bond acceptors (Lipinski definition) is 3. The van der Waals surface area contributed by atoms with E-state index in [1.165, 1.54) is 11.1 Å². The minimum absolute atomic E-state index is 0.0522. The first kappa shape index (κ1) is 14.5. The van der Waals surface area contributed by atoms with E-state index in [1.807, 2.05) is 0 Å². The van der Waals surface area contributed by atoms with Crippen LogP contribution in [0.2, 0.25) is 0 Å².